The van der Waals surface area contributed by atoms with Crippen LogP contribution in [-0.2, 0) is 26.4 Å². The highest BCUT2D eigenvalue weighted by Crippen LogP contribution is 2.59. The lowest BCUT2D eigenvalue weighted by atomic mass is 9.85. The van der Waals surface area contributed by atoms with Gasteiger partial charge in [-0.25, -0.2) is 4.98 Å². The number of aromatic nitrogens is 1. The second-order valence-corrected chi connectivity index (χ2v) is 14.5. The lowest BCUT2D eigenvalue weighted by Crippen LogP contribution is -2.57. The summed E-state index contributed by atoms with van der Waals surface area (Å²) >= 11 is 2.09. The van der Waals surface area contributed by atoms with Crippen molar-refractivity contribution in [1.82, 2.24) is 15.2 Å². The van der Waals surface area contributed by atoms with E-state index in [-0.39, 0.29) is 16.9 Å². The van der Waals surface area contributed by atoms with Gasteiger partial charge in [-0.05, 0) is 41.8 Å². The van der Waals surface area contributed by atoms with Crippen molar-refractivity contribution < 1.29 is 42.6 Å². The minimum Gasteiger partial charge on any atom is -0.391 e. The predicted octanol–water partition coefficient (Wildman–Crippen LogP) is 3.85. The maximum absolute atomic E-state index is 14.2. The molecule has 222 valence electrons. The fourth-order valence-electron chi connectivity index (χ4n) is 4.46. The zero-order chi connectivity index (χ0) is 30.3. The molecule has 2 atom stereocenters. The van der Waals surface area contributed by atoms with Crippen LogP contribution < -0.4 is 10.6 Å². The van der Waals surface area contributed by atoms with Gasteiger partial charge in [0.25, 0.3) is 5.91 Å². The molecule has 1 fully saturated rings. The normalized spacial score (nSPS) is 17.1. The van der Waals surface area contributed by atoms with Crippen LogP contribution in [0.5, 0.6) is 0 Å². The molecule has 1 aliphatic rings. The summed E-state index contributed by atoms with van der Waals surface area (Å²) < 4.78 is 40.1. The first kappa shape index (κ1) is 31.1. The number of nitrogens with zero attached hydrogens (tertiary/aromatic N) is 2. The van der Waals surface area contributed by atoms with Crippen molar-refractivity contribution in [2.75, 3.05) is 11.9 Å². The van der Waals surface area contributed by atoms with Gasteiger partial charge in [-0.1, -0.05) is 38.2 Å². The Bertz CT molecular complexity index is 1530. The number of aliphatic hydroxyl groups is 1. The molecule has 0 bridgehead atoms. The number of anilines is 1. The monoisotopic (exact) mass is 630 g/mol. The van der Waals surface area contributed by atoms with E-state index in [0.29, 0.717) is 34.1 Å². The highest BCUT2D eigenvalue weighted by molar-refractivity contribution is 7.52. The van der Waals surface area contributed by atoms with Gasteiger partial charge in [-0.15, -0.1) is 11.3 Å². The van der Waals surface area contributed by atoms with Crippen LogP contribution in [0.2, 0.25) is 0 Å². The van der Waals surface area contributed by atoms with Crippen molar-refractivity contribution >= 4 is 63.2 Å². The average molecular weight is 631 g/mol. The number of halogens is 2. The van der Waals surface area contributed by atoms with Crippen LogP contribution in [0.1, 0.15) is 53.7 Å². The van der Waals surface area contributed by atoms with Crippen molar-refractivity contribution in [2.45, 2.75) is 58.0 Å². The van der Waals surface area contributed by atoms with Crippen molar-refractivity contribution in [2.24, 2.45) is 5.41 Å². The predicted molar refractivity (Wildman–Crippen MR) is 150 cm³/mol. The van der Waals surface area contributed by atoms with Gasteiger partial charge in [0.15, 0.2) is 5.13 Å². The minimum atomic E-state index is -5.77. The molecular formula is C25H29F2N4O7PS2. The van der Waals surface area contributed by atoms with Crippen molar-refractivity contribution in [3.8, 4) is 0 Å². The van der Waals surface area contributed by atoms with E-state index >= 15 is 0 Å². The number of fused-ring (bicyclic) bond motifs is 1. The number of carbonyl (C=O) groups is 3. The Morgan fingerprint density at radius 1 is 1.20 bits per heavy atom. The summed E-state index contributed by atoms with van der Waals surface area (Å²) in [7, 11) is -5.77. The van der Waals surface area contributed by atoms with Crippen molar-refractivity contribution in [1.29, 1.82) is 0 Å². The molecular weight excluding hydrogens is 601 g/mol. The molecule has 5 N–H and O–H groups in total. The van der Waals surface area contributed by atoms with E-state index in [9.17, 15) is 32.8 Å². The van der Waals surface area contributed by atoms with Gasteiger partial charge in [-0.2, -0.15) is 8.78 Å². The van der Waals surface area contributed by atoms with Gasteiger partial charge in [0.2, 0.25) is 11.8 Å². The Balaban J connectivity index is 1.53. The molecule has 1 aliphatic heterocycles. The minimum absolute atomic E-state index is 0.109. The molecule has 0 unspecified atom stereocenters. The zero-order valence-corrected chi connectivity index (χ0v) is 24.8. The number of carbonyl (C=O) groups excluding carboxylic acids is 3. The fraction of sp³-hybridized carbons (Fsp3) is 0.440. The molecule has 3 amide bonds. The van der Waals surface area contributed by atoms with E-state index in [2.05, 4.69) is 15.6 Å². The van der Waals surface area contributed by atoms with Gasteiger partial charge < -0.3 is 30.4 Å². The Labute approximate surface area is 241 Å². The van der Waals surface area contributed by atoms with Crippen LogP contribution in [0.4, 0.5) is 13.9 Å². The standard InChI is InChI=1S/C25H29F2N4O7PS2/c1-24(2,3)19(22(35)31-8-4-5-16(31)20(33)30-23-28-11-15(12-32)40-23)29-21(34)18-10-13-9-14(6-7-17(13)41-18)25(26,27)39(36,37)38/h6-7,9-11,16,19,32H,4-5,8,12H2,1-3H3,(H,29,34)(H,28,30,33)(H2,36,37,38)/t16-,19+/m0/s1. The van der Waals surface area contributed by atoms with E-state index in [1.54, 1.807) is 20.8 Å². The summed E-state index contributed by atoms with van der Waals surface area (Å²) in [5, 5.41) is 15.1. The highest BCUT2D eigenvalue weighted by Gasteiger charge is 2.50. The van der Waals surface area contributed by atoms with Crippen LogP contribution >= 0.6 is 30.3 Å². The molecule has 3 heterocycles. The van der Waals surface area contributed by atoms with E-state index in [1.807, 2.05) is 0 Å². The first-order chi connectivity index (χ1) is 19.0. The Morgan fingerprint density at radius 3 is 2.51 bits per heavy atom. The lowest BCUT2D eigenvalue weighted by molar-refractivity contribution is -0.140. The quantitative estimate of drug-likeness (QED) is 0.234. The summed E-state index contributed by atoms with van der Waals surface area (Å²) in [6.45, 7) is 5.37. The van der Waals surface area contributed by atoms with E-state index in [1.165, 1.54) is 23.2 Å². The Kier molecular flexibility index (Phi) is 8.70. The molecule has 41 heavy (non-hydrogen) atoms. The third-order valence-corrected chi connectivity index (χ3v) is 9.62. The Hall–Kier alpha value is -2.81. The van der Waals surface area contributed by atoms with Gasteiger partial charge in [-0.3, -0.25) is 18.9 Å². The second-order valence-electron chi connectivity index (χ2n) is 10.7. The maximum Gasteiger partial charge on any atom is 0.399 e. The highest BCUT2D eigenvalue weighted by atomic mass is 32.1. The SMILES string of the molecule is CC(C)(C)[C@H](NC(=O)c1cc2cc(C(F)(F)P(=O)(O)O)ccc2s1)C(=O)N1CCC[C@H]1C(=O)Nc1ncc(CO)s1. The number of benzene rings is 1. The van der Waals surface area contributed by atoms with Gasteiger partial charge >= 0.3 is 13.3 Å². The molecule has 2 aromatic heterocycles. The zero-order valence-electron chi connectivity index (χ0n) is 22.3. The number of hydrogen-bond donors (Lipinski definition) is 5. The van der Waals surface area contributed by atoms with Crippen molar-refractivity contribution in [3.63, 3.8) is 0 Å². The number of amides is 3. The second kappa shape index (κ2) is 11.5. The molecule has 1 aromatic carbocycles. The van der Waals surface area contributed by atoms with Crippen LogP contribution in [0, 0.1) is 5.41 Å². The van der Waals surface area contributed by atoms with Crippen LogP contribution in [0.25, 0.3) is 10.1 Å². The van der Waals surface area contributed by atoms with Crippen molar-refractivity contribution in [3.05, 3.63) is 45.8 Å². The summed E-state index contributed by atoms with van der Waals surface area (Å²) in [5.41, 5.74) is -6.04. The number of likely N-dealkylation sites (tertiary alicyclic amines) is 1. The van der Waals surface area contributed by atoms with E-state index < -0.39 is 54.0 Å². The topological polar surface area (TPSA) is 169 Å². The first-order valence-corrected chi connectivity index (χ1v) is 15.7. The molecule has 0 spiro atoms. The van der Waals surface area contributed by atoms with Gasteiger partial charge in [0, 0.05) is 23.0 Å². The molecule has 11 nitrogen and oxygen atoms in total. The lowest BCUT2D eigenvalue weighted by Gasteiger charge is -2.35. The van der Waals surface area contributed by atoms with Crippen LogP contribution in [-0.4, -0.2) is 61.1 Å². The molecule has 0 aliphatic carbocycles. The van der Waals surface area contributed by atoms with Crippen LogP contribution in [0.3, 0.4) is 0 Å². The van der Waals surface area contributed by atoms with E-state index in [0.717, 1.165) is 34.8 Å². The third kappa shape index (κ3) is 6.50. The molecule has 16 heteroatoms. The largest absolute Gasteiger partial charge is 0.399 e. The molecule has 3 aromatic rings. The number of nitrogens with one attached hydrogen (secondary N) is 2. The number of rotatable bonds is 8. The maximum atomic E-state index is 14.2. The third-order valence-electron chi connectivity index (χ3n) is 6.62. The van der Waals surface area contributed by atoms with Gasteiger partial charge in [0.1, 0.15) is 12.1 Å². The van der Waals surface area contributed by atoms with Crippen LogP contribution in [0.15, 0.2) is 30.5 Å². The van der Waals surface area contributed by atoms with Gasteiger partial charge in [0.05, 0.1) is 16.4 Å². The smallest absolute Gasteiger partial charge is 0.391 e. The summed E-state index contributed by atoms with van der Waals surface area (Å²) in [4.78, 5) is 64.3. The van der Waals surface area contributed by atoms with E-state index in [4.69, 9.17) is 9.79 Å². The Morgan fingerprint density at radius 2 is 1.90 bits per heavy atom. The first-order valence-electron chi connectivity index (χ1n) is 12.5. The molecule has 4 rings (SSSR count). The summed E-state index contributed by atoms with van der Waals surface area (Å²) in [6.07, 6.45) is 2.44. The average Bonchev–Trinajstić information content (AvgIpc) is 3.64. The fourth-order valence-corrected chi connectivity index (χ4v) is 6.55. The number of thiophene rings is 1. The summed E-state index contributed by atoms with van der Waals surface area (Å²) in [5.74, 6) is -1.52. The molecule has 0 saturated carbocycles. The molecule has 1 saturated heterocycles. The summed E-state index contributed by atoms with van der Waals surface area (Å²) in [6, 6.07) is 2.57. The number of hydrogen-bond acceptors (Lipinski definition) is 8. The number of aliphatic hydroxyl groups excluding tert-OH is 1. The number of thiazole rings is 1. The number of alkyl halides is 2. The molecule has 0 radical (unpaired) electrons.